The van der Waals surface area contributed by atoms with E-state index in [9.17, 15) is 13.4 Å². The van der Waals surface area contributed by atoms with Gasteiger partial charge in [-0.2, -0.15) is 0 Å². The first kappa shape index (κ1) is 19.4. The van der Waals surface area contributed by atoms with Crippen molar-refractivity contribution in [2.24, 2.45) is 5.92 Å². The fraction of sp³-hybridized carbons (Fsp3) is 0.556. The molecule has 3 fully saturated rings. The molecule has 1 unspecified atom stereocenters. The van der Waals surface area contributed by atoms with Crippen LogP contribution in [-0.4, -0.2) is 59.1 Å². The molecular formula is C18H23FN4O3S2. The Bertz CT molecular complexity index is 890. The minimum Gasteiger partial charge on any atom is -0.442 e. The van der Waals surface area contributed by atoms with Gasteiger partial charge in [0.15, 0.2) is 0 Å². The Kier molecular flexibility index (Phi) is 5.17. The van der Waals surface area contributed by atoms with E-state index in [1.807, 2.05) is 0 Å². The van der Waals surface area contributed by atoms with Gasteiger partial charge in [0.1, 0.15) is 11.9 Å². The topological polar surface area (TPSA) is 85.7 Å². The van der Waals surface area contributed by atoms with Gasteiger partial charge >= 0.3 is 6.09 Å². The number of amides is 1. The van der Waals surface area contributed by atoms with Gasteiger partial charge in [0.05, 0.1) is 29.5 Å². The molecule has 1 aromatic carbocycles. The molecule has 2 saturated heterocycles. The quantitative estimate of drug-likeness (QED) is 0.703. The van der Waals surface area contributed by atoms with Gasteiger partial charge in [-0.25, -0.2) is 13.4 Å². The first-order valence-corrected chi connectivity index (χ1v) is 11.7. The van der Waals surface area contributed by atoms with Crippen LogP contribution in [0.1, 0.15) is 12.8 Å². The molecule has 1 saturated carbocycles. The predicted octanol–water partition coefficient (Wildman–Crippen LogP) is 2.34. The number of nitrogens with one attached hydrogen (secondary N) is 2. The van der Waals surface area contributed by atoms with Crippen molar-refractivity contribution in [3.8, 4) is 0 Å². The normalized spacial score (nSPS) is 24.2. The molecule has 7 nitrogen and oxygen atoms in total. The Balaban J connectivity index is 1.39. The third kappa shape index (κ3) is 4.22. The fourth-order valence-corrected chi connectivity index (χ4v) is 4.99. The van der Waals surface area contributed by atoms with E-state index >= 15 is 0 Å². The van der Waals surface area contributed by atoms with Crippen LogP contribution in [0, 0.1) is 16.5 Å². The van der Waals surface area contributed by atoms with E-state index in [1.54, 1.807) is 17.0 Å². The molecule has 28 heavy (non-hydrogen) atoms. The van der Waals surface area contributed by atoms with Crippen LogP contribution in [0.5, 0.6) is 0 Å². The molecule has 1 amide bonds. The number of benzene rings is 1. The summed E-state index contributed by atoms with van der Waals surface area (Å²) in [5.74, 6) is 0.497. The van der Waals surface area contributed by atoms with Crippen LogP contribution in [0.4, 0.5) is 20.6 Å². The van der Waals surface area contributed by atoms with Crippen LogP contribution in [0.3, 0.4) is 0 Å². The van der Waals surface area contributed by atoms with Crippen LogP contribution in [-0.2, 0) is 14.5 Å². The highest BCUT2D eigenvalue weighted by Crippen LogP contribution is 2.30. The molecule has 2 aliphatic heterocycles. The first-order valence-electron chi connectivity index (χ1n) is 9.37. The van der Waals surface area contributed by atoms with E-state index in [0.29, 0.717) is 43.5 Å². The van der Waals surface area contributed by atoms with E-state index in [-0.39, 0.29) is 17.6 Å². The molecule has 2 N–H and O–H groups in total. The average molecular weight is 427 g/mol. The molecule has 4 rings (SSSR count). The number of hydrogen-bond acceptors (Lipinski definition) is 6. The van der Waals surface area contributed by atoms with Crippen molar-refractivity contribution >= 4 is 44.4 Å². The Labute approximate surface area is 169 Å². The molecule has 2 heterocycles. The zero-order valence-corrected chi connectivity index (χ0v) is 17.0. The largest absolute Gasteiger partial charge is 0.442 e. The highest BCUT2D eigenvalue weighted by Gasteiger charge is 2.34. The molecule has 1 atom stereocenters. The minimum absolute atomic E-state index is 0.240. The highest BCUT2D eigenvalue weighted by atomic mass is 32.2. The lowest BCUT2D eigenvalue weighted by Crippen LogP contribution is -2.40. The molecule has 10 heteroatoms. The van der Waals surface area contributed by atoms with E-state index in [2.05, 4.69) is 5.32 Å². The number of carbonyl (C=O) groups excluding carboxylic acids is 1. The molecule has 3 aliphatic rings. The smallest absolute Gasteiger partial charge is 0.414 e. The Hall–Kier alpha value is -1.94. The molecule has 0 aromatic heterocycles. The molecule has 1 aliphatic carbocycles. The summed E-state index contributed by atoms with van der Waals surface area (Å²) in [5, 5.41) is 3.16. The maximum absolute atomic E-state index is 14.7. The van der Waals surface area contributed by atoms with Gasteiger partial charge in [-0.3, -0.25) is 9.68 Å². The number of thiocarbonyl (C=S) groups is 1. The SMILES string of the molecule is N=S1(=O)CCN(c2ccc(N3CC(CNC(=S)C4CC4)OC3=O)cc2F)CC1. The van der Waals surface area contributed by atoms with Gasteiger partial charge in [0.25, 0.3) is 0 Å². The molecule has 0 bridgehead atoms. The van der Waals surface area contributed by atoms with Gasteiger partial charge in [-0.05, 0) is 31.0 Å². The van der Waals surface area contributed by atoms with E-state index in [0.717, 1.165) is 17.8 Å². The van der Waals surface area contributed by atoms with E-state index in [1.165, 1.54) is 11.0 Å². The number of ether oxygens (including phenoxy) is 1. The highest BCUT2D eigenvalue weighted by molar-refractivity contribution is 7.92. The summed E-state index contributed by atoms with van der Waals surface area (Å²) in [7, 11) is -2.53. The van der Waals surface area contributed by atoms with Gasteiger partial charge in [0.2, 0.25) is 0 Å². The molecular weight excluding hydrogens is 403 g/mol. The van der Waals surface area contributed by atoms with Crippen molar-refractivity contribution in [3.05, 3.63) is 24.0 Å². The molecule has 152 valence electrons. The summed E-state index contributed by atoms with van der Waals surface area (Å²) in [6, 6.07) is 4.65. The summed E-state index contributed by atoms with van der Waals surface area (Å²) >= 11 is 5.29. The third-order valence-corrected chi connectivity index (χ3v) is 7.45. The van der Waals surface area contributed by atoms with E-state index in [4.69, 9.17) is 21.7 Å². The number of nitrogens with zero attached hydrogens (tertiary/aromatic N) is 2. The lowest BCUT2D eigenvalue weighted by atomic mass is 10.2. The van der Waals surface area contributed by atoms with E-state index < -0.39 is 21.6 Å². The Morgan fingerprint density at radius 1 is 1.36 bits per heavy atom. The lowest BCUT2D eigenvalue weighted by Gasteiger charge is -2.30. The second kappa shape index (κ2) is 7.47. The van der Waals surface area contributed by atoms with Crippen molar-refractivity contribution in [3.63, 3.8) is 0 Å². The second-order valence-electron chi connectivity index (χ2n) is 7.48. The zero-order valence-electron chi connectivity index (χ0n) is 15.4. The summed E-state index contributed by atoms with van der Waals surface area (Å²) < 4.78 is 39.5. The number of anilines is 2. The predicted molar refractivity (Wildman–Crippen MR) is 110 cm³/mol. The standard InChI is InChI=1S/C18H23FN4O3S2/c19-15-9-13(3-4-16(15)22-5-7-28(20,25)8-6-22)23-11-14(26-18(23)24)10-21-17(27)12-1-2-12/h3-4,9,12,14,20H,1-2,5-8,10-11H2,(H,21,27). The maximum Gasteiger partial charge on any atom is 0.414 e. The van der Waals surface area contributed by atoms with Gasteiger partial charge in [0, 0.05) is 40.2 Å². The van der Waals surface area contributed by atoms with Crippen molar-refractivity contribution in [1.82, 2.24) is 5.32 Å². The number of rotatable bonds is 5. The van der Waals surface area contributed by atoms with Crippen molar-refractivity contribution in [2.75, 3.05) is 47.5 Å². The Morgan fingerprint density at radius 3 is 2.71 bits per heavy atom. The summed E-state index contributed by atoms with van der Waals surface area (Å²) in [6.45, 7) is 1.57. The number of halogens is 1. The van der Waals surface area contributed by atoms with Gasteiger partial charge < -0.3 is 15.0 Å². The summed E-state index contributed by atoms with van der Waals surface area (Å²) in [6.07, 6.45) is 1.40. The van der Waals surface area contributed by atoms with Crippen molar-refractivity contribution < 1.29 is 18.1 Å². The molecule has 0 radical (unpaired) electrons. The summed E-state index contributed by atoms with van der Waals surface area (Å²) in [5.41, 5.74) is 0.846. The fourth-order valence-electron chi connectivity index (χ4n) is 3.43. The average Bonchev–Trinajstić information content (AvgIpc) is 3.43. The monoisotopic (exact) mass is 426 g/mol. The van der Waals surface area contributed by atoms with Crippen LogP contribution in [0.2, 0.25) is 0 Å². The third-order valence-electron chi connectivity index (χ3n) is 5.29. The minimum atomic E-state index is -2.53. The van der Waals surface area contributed by atoms with Crippen LogP contribution < -0.4 is 15.1 Å². The van der Waals surface area contributed by atoms with Crippen LogP contribution in [0.25, 0.3) is 0 Å². The van der Waals surface area contributed by atoms with Crippen molar-refractivity contribution in [2.45, 2.75) is 18.9 Å². The Morgan fingerprint density at radius 2 is 2.07 bits per heavy atom. The van der Waals surface area contributed by atoms with Gasteiger partial charge in [-0.1, -0.05) is 12.2 Å². The van der Waals surface area contributed by atoms with Gasteiger partial charge in [-0.15, -0.1) is 0 Å². The zero-order chi connectivity index (χ0) is 19.9. The van der Waals surface area contributed by atoms with Crippen molar-refractivity contribution in [1.29, 1.82) is 4.78 Å². The summed E-state index contributed by atoms with van der Waals surface area (Å²) in [4.78, 5) is 16.2. The van der Waals surface area contributed by atoms with Crippen LogP contribution in [0.15, 0.2) is 18.2 Å². The second-order valence-corrected chi connectivity index (χ2v) is 10.4. The first-order chi connectivity index (χ1) is 13.3. The maximum atomic E-state index is 14.7. The number of hydrogen-bond donors (Lipinski definition) is 2. The molecule has 0 spiro atoms. The lowest BCUT2D eigenvalue weighted by molar-refractivity contribution is 0.143. The van der Waals surface area contributed by atoms with Crippen LogP contribution >= 0.6 is 12.2 Å². The number of cyclic esters (lactones) is 1. The number of carbonyl (C=O) groups is 1. The molecule has 1 aromatic rings.